The van der Waals surface area contributed by atoms with Gasteiger partial charge < -0.3 is 14.7 Å². The van der Waals surface area contributed by atoms with Crippen molar-refractivity contribution in [2.24, 2.45) is 5.92 Å². The Hall–Kier alpha value is -2.90. The van der Waals surface area contributed by atoms with Gasteiger partial charge in [0.2, 0.25) is 11.5 Å². The van der Waals surface area contributed by atoms with Crippen LogP contribution in [-0.4, -0.2) is 55.3 Å². The number of para-hydroxylation sites is 1. The second-order valence-electron chi connectivity index (χ2n) is 6.56. The van der Waals surface area contributed by atoms with E-state index in [0.29, 0.717) is 25.4 Å². The normalized spacial score (nSPS) is 17.5. The van der Waals surface area contributed by atoms with Crippen LogP contribution in [0.4, 0.5) is 0 Å². The third-order valence-corrected chi connectivity index (χ3v) is 4.68. The number of carbonyl (C=O) groups excluding carboxylic acids is 1. The average Bonchev–Trinajstić information content (AvgIpc) is 3.15. The molecular formula is C18H22N4O4. The van der Waals surface area contributed by atoms with E-state index in [9.17, 15) is 14.7 Å². The maximum Gasteiger partial charge on any atom is 0.348 e. The second kappa shape index (κ2) is 7.55. The minimum Gasteiger partial charge on any atom is -0.478 e. The molecule has 8 heteroatoms. The summed E-state index contributed by atoms with van der Waals surface area (Å²) >= 11 is 0. The standard InChI is InChI=1S/C18H22N4O4/c1-14(11-22-13-19-12-20-22)16(23)21-9-7-18(8-10-21,17(24)25)26-15-5-3-2-4-6-15/h2-6,12-14H,7-11H2,1H3,(H,24,25). The number of carboxylic acids is 1. The van der Waals surface area contributed by atoms with Gasteiger partial charge in [-0.05, 0) is 12.1 Å². The summed E-state index contributed by atoms with van der Waals surface area (Å²) in [7, 11) is 0. The number of likely N-dealkylation sites (tertiary alicyclic amines) is 1. The third kappa shape index (κ3) is 3.84. The van der Waals surface area contributed by atoms with Crippen LogP contribution in [0.25, 0.3) is 0 Å². The molecule has 1 fully saturated rings. The number of hydrogen-bond donors (Lipinski definition) is 1. The highest BCUT2D eigenvalue weighted by Gasteiger charge is 2.45. The molecule has 138 valence electrons. The van der Waals surface area contributed by atoms with Crippen molar-refractivity contribution in [3.8, 4) is 5.75 Å². The molecule has 1 aliphatic rings. The predicted molar refractivity (Wildman–Crippen MR) is 92.4 cm³/mol. The van der Waals surface area contributed by atoms with Gasteiger partial charge >= 0.3 is 5.97 Å². The molecule has 1 aromatic carbocycles. The summed E-state index contributed by atoms with van der Waals surface area (Å²) in [6.45, 7) is 2.97. The van der Waals surface area contributed by atoms with Crippen molar-refractivity contribution in [1.29, 1.82) is 0 Å². The number of aromatic nitrogens is 3. The van der Waals surface area contributed by atoms with Crippen molar-refractivity contribution in [3.05, 3.63) is 43.0 Å². The van der Waals surface area contributed by atoms with Crippen molar-refractivity contribution < 1.29 is 19.4 Å². The summed E-state index contributed by atoms with van der Waals surface area (Å²) in [4.78, 5) is 30.1. The summed E-state index contributed by atoms with van der Waals surface area (Å²) in [6, 6.07) is 8.92. The zero-order chi connectivity index (χ0) is 18.6. The summed E-state index contributed by atoms with van der Waals surface area (Å²) in [5.74, 6) is -0.749. The van der Waals surface area contributed by atoms with Gasteiger partial charge in [-0.3, -0.25) is 9.48 Å². The highest BCUT2D eigenvalue weighted by atomic mass is 16.5. The van der Waals surface area contributed by atoms with Crippen LogP contribution >= 0.6 is 0 Å². The zero-order valence-electron chi connectivity index (χ0n) is 14.6. The number of amides is 1. The van der Waals surface area contributed by atoms with Gasteiger partial charge in [-0.15, -0.1) is 0 Å². The van der Waals surface area contributed by atoms with E-state index in [0.717, 1.165) is 0 Å². The SMILES string of the molecule is CC(Cn1cncn1)C(=O)N1CCC(Oc2ccccc2)(C(=O)O)CC1. The minimum absolute atomic E-state index is 0.0146. The molecule has 1 aliphatic heterocycles. The van der Waals surface area contributed by atoms with Gasteiger partial charge in [0.05, 0.1) is 12.5 Å². The van der Waals surface area contributed by atoms with E-state index < -0.39 is 11.6 Å². The fourth-order valence-corrected chi connectivity index (χ4v) is 3.16. The molecule has 2 aromatic rings. The van der Waals surface area contributed by atoms with Crippen molar-refractivity contribution >= 4 is 11.9 Å². The molecule has 1 aromatic heterocycles. The predicted octanol–water partition coefficient (Wildman–Crippen LogP) is 1.44. The van der Waals surface area contributed by atoms with Gasteiger partial charge in [-0.2, -0.15) is 5.10 Å². The highest BCUT2D eigenvalue weighted by Crippen LogP contribution is 2.30. The van der Waals surface area contributed by atoms with Gasteiger partial charge in [0, 0.05) is 25.9 Å². The van der Waals surface area contributed by atoms with Crippen LogP contribution in [0.15, 0.2) is 43.0 Å². The van der Waals surface area contributed by atoms with Gasteiger partial charge in [-0.1, -0.05) is 25.1 Å². The molecule has 1 unspecified atom stereocenters. The lowest BCUT2D eigenvalue weighted by Gasteiger charge is -2.39. The first kappa shape index (κ1) is 17.9. The van der Waals surface area contributed by atoms with E-state index in [4.69, 9.17) is 4.74 Å². The Morgan fingerprint density at radius 2 is 1.96 bits per heavy atom. The Bertz CT molecular complexity index is 740. The largest absolute Gasteiger partial charge is 0.478 e. The first-order valence-electron chi connectivity index (χ1n) is 8.59. The fourth-order valence-electron chi connectivity index (χ4n) is 3.16. The molecule has 3 rings (SSSR count). The average molecular weight is 358 g/mol. The lowest BCUT2D eigenvalue weighted by atomic mass is 9.90. The number of hydrogen-bond acceptors (Lipinski definition) is 5. The molecule has 0 bridgehead atoms. The van der Waals surface area contributed by atoms with E-state index in [1.54, 1.807) is 40.2 Å². The highest BCUT2D eigenvalue weighted by molar-refractivity contribution is 5.81. The number of nitrogens with zero attached hydrogens (tertiary/aromatic N) is 4. The molecule has 1 atom stereocenters. The summed E-state index contributed by atoms with van der Waals surface area (Å²) in [5.41, 5.74) is -1.30. The van der Waals surface area contributed by atoms with Gasteiger partial charge in [0.25, 0.3) is 0 Å². The van der Waals surface area contributed by atoms with Gasteiger partial charge in [0.15, 0.2) is 0 Å². The van der Waals surface area contributed by atoms with Crippen LogP contribution < -0.4 is 4.74 Å². The second-order valence-corrected chi connectivity index (χ2v) is 6.56. The van der Waals surface area contributed by atoms with Gasteiger partial charge in [-0.25, -0.2) is 9.78 Å². The summed E-state index contributed by atoms with van der Waals surface area (Å²) in [5, 5.41) is 13.7. The van der Waals surface area contributed by atoms with Crippen LogP contribution in [0, 0.1) is 5.92 Å². The van der Waals surface area contributed by atoms with Gasteiger partial charge in [0.1, 0.15) is 18.4 Å². The van der Waals surface area contributed by atoms with Crippen LogP contribution in [0.1, 0.15) is 19.8 Å². The Balaban J connectivity index is 1.62. The molecule has 1 amide bonds. The lowest BCUT2D eigenvalue weighted by Crippen LogP contribution is -2.55. The quantitative estimate of drug-likeness (QED) is 0.839. The monoisotopic (exact) mass is 358 g/mol. The molecule has 0 aliphatic carbocycles. The smallest absolute Gasteiger partial charge is 0.348 e. The third-order valence-electron chi connectivity index (χ3n) is 4.68. The van der Waals surface area contributed by atoms with E-state index in [-0.39, 0.29) is 24.7 Å². The Labute approximate surface area is 151 Å². The van der Waals surface area contributed by atoms with Crippen LogP contribution in [0.3, 0.4) is 0 Å². The number of aliphatic carboxylic acids is 1. The Kier molecular flexibility index (Phi) is 5.20. The molecule has 0 spiro atoms. The lowest BCUT2D eigenvalue weighted by molar-refractivity contribution is -0.162. The molecular weight excluding hydrogens is 336 g/mol. The molecule has 1 saturated heterocycles. The Morgan fingerprint density at radius 3 is 2.54 bits per heavy atom. The van der Waals surface area contributed by atoms with Crippen LogP contribution in [-0.2, 0) is 16.1 Å². The van der Waals surface area contributed by atoms with Crippen molar-refractivity contribution in [2.75, 3.05) is 13.1 Å². The van der Waals surface area contributed by atoms with Crippen molar-refractivity contribution in [1.82, 2.24) is 19.7 Å². The summed E-state index contributed by atoms with van der Waals surface area (Å²) in [6.07, 6.45) is 3.50. The minimum atomic E-state index is -1.30. The van der Waals surface area contributed by atoms with Crippen molar-refractivity contribution in [3.63, 3.8) is 0 Å². The molecule has 1 N–H and O–H groups in total. The molecule has 8 nitrogen and oxygen atoms in total. The number of piperidine rings is 1. The number of benzene rings is 1. The van der Waals surface area contributed by atoms with E-state index in [1.807, 2.05) is 13.0 Å². The van der Waals surface area contributed by atoms with E-state index in [2.05, 4.69) is 10.1 Å². The van der Waals surface area contributed by atoms with Crippen LogP contribution in [0.2, 0.25) is 0 Å². The number of carboxylic acid groups (broad SMARTS) is 1. The number of rotatable bonds is 6. The molecule has 0 radical (unpaired) electrons. The zero-order valence-corrected chi connectivity index (χ0v) is 14.6. The van der Waals surface area contributed by atoms with Crippen molar-refractivity contribution in [2.45, 2.75) is 31.9 Å². The summed E-state index contributed by atoms with van der Waals surface area (Å²) < 4.78 is 7.44. The maximum absolute atomic E-state index is 12.6. The topological polar surface area (TPSA) is 97.5 Å². The first-order chi connectivity index (χ1) is 12.5. The fraction of sp³-hybridized carbons (Fsp3) is 0.444. The van der Waals surface area contributed by atoms with E-state index in [1.165, 1.54) is 6.33 Å². The van der Waals surface area contributed by atoms with Crippen LogP contribution in [0.5, 0.6) is 5.75 Å². The number of carbonyl (C=O) groups is 2. The van der Waals surface area contributed by atoms with E-state index >= 15 is 0 Å². The first-order valence-corrected chi connectivity index (χ1v) is 8.59. The molecule has 2 heterocycles. The number of ether oxygens (including phenoxy) is 1. The maximum atomic E-state index is 12.6. The molecule has 26 heavy (non-hydrogen) atoms. The Morgan fingerprint density at radius 1 is 1.27 bits per heavy atom. The molecule has 0 saturated carbocycles.